The monoisotopic (exact) mass is 428 g/mol. The van der Waals surface area contributed by atoms with Crippen molar-refractivity contribution in [3.63, 3.8) is 0 Å². The van der Waals surface area contributed by atoms with Gasteiger partial charge in [-0.15, -0.1) is 11.8 Å². The highest BCUT2D eigenvalue weighted by atomic mass is 32.2. The van der Waals surface area contributed by atoms with Crippen LogP contribution in [0.4, 0.5) is 13.2 Å². The van der Waals surface area contributed by atoms with Crippen molar-refractivity contribution in [2.24, 2.45) is 0 Å². The van der Waals surface area contributed by atoms with Gasteiger partial charge in [-0.3, -0.25) is 4.79 Å². The van der Waals surface area contributed by atoms with Crippen molar-refractivity contribution in [3.8, 4) is 11.5 Å². The molecule has 0 saturated heterocycles. The molecule has 4 nitrogen and oxygen atoms in total. The maximum atomic E-state index is 12.6. The zero-order chi connectivity index (χ0) is 21.4. The van der Waals surface area contributed by atoms with E-state index < -0.39 is 11.7 Å². The summed E-state index contributed by atoms with van der Waals surface area (Å²) in [4.78, 5) is 12.1. The third-order valence-corrected chi connectivity index (χ3v) is 4.98. The summed E-state index contributed by atoms with van der Waals surface area (Å²) in [5.41, 5.74) is 0.133. The van der Waals surface area contributed by atoms with Crippen LogP contribution in [0.15, 0.2) is 47.4 Å². The first kappa shape index (κ1) is 23.1. The van der Waals surface area contributed by atoms with Crippen molar-refractivity contribution >= 4 is 17.7 Å². The summed E-state index contributed by atoms with van der Waals surface area (Å²) in [5, 5.41) is 0. The topological polar surface area (TPSA) is 44.8 Å². The maximum Gasteiger partial charge on any atom is 0.416 e. The molecule has 0 spiro atoms. The molecular formula is C21H23F3O4S. The number of halogens is 3. The SMILES string of the molecule is CCO[C@H](COc1ccc(C(F)(F)F)cc1)CSc1ccc(OC(C)=O)c(C)c1. The highest BCUT2D eigenvalue weighted by Gasteiger charge is 2.30. The third kappa shape index (κ3) is 7.62. The first-order valence-corrected chi connectivity index (χ1v) is 10.0. The molecule has 0 aromatic heterocycles. The zero-order valence-corrected chi connectivity index (χ0v) is 17.2. The highest BCUT2D eigenvalue weighted by molar-refractivity contribution is 7.99. The number of rotatable bonds is 9. The lowest BCUT2D eigenvalue weighted by atomic mass is 10.2. The second-order valence-corrected chi connectivity index (χ2v) is 7.34. The fraction of sp³-hybridized carbons (Fsp3) is 0.381. The molecule has 8 heteroatoms. The molecule has 0 radical (unpaired) electrons. The van der Waals surface area contributed by atoms with Crippen molar-refractivity contribution in [2.45, 2.75) is 37.9 Å². The third-order valence-electron chi connectivity index (χ3n) is 3.86. The summed E-state index contributed by atoms with van der Waals surface area (Å²) < 4.78 is 54.3. The summed E-state index contributed by atoms with van der Waals surface area (Å²) in [7, 11) is 0. The van der Waals surface area contributed by atoms with Crippen LogP contribution in [0.2, 0.25) is 0 Å². The largest absolute Gasteiger partial charge is 0.491 e. The minimum absolute atomic E-state index is 0.219. The summed E-state index contributed by atoms with van der Waals surface area (Å²) in [6.45, 7) is 5.79. The highest BCUT2D eigenvalue weighted by Crippen LogP contribution is 2.30. The van der Waals surface area contributed by atoms with E-state index in [0.717, 1.165) is 22.6 Å². The number of carbonyl (C=O) groups is 1. The van der Waals surface area contributed by atoms with Gasteiger partial charge in [0.05, 0.1) is 5.56 Å². The van der Waals surface area contributed by atoms with Gasteiger partial charge in [0.15, 0.2) is 0 Å². The molecule has 0 aliphatic rings. The van der Waals surface area contributed by atoms with E-state index in [9.17, 15) is 18.0 Å². The van der Waals surface area contributed by atoms with Gasteiger partial charge in [-0.1, -0.05) is 0 Å². The fourth-order valence-corrected chi connectivity index (χ4v) is 3.47. The van der Waals surface area contributed by atoms with Crippen LogP contribution >= 0.6 is 11.8 Å². The molecule has 0 aliphatic carbocycles. The van der Waals surface area contributed by atoms with Crippen LogP contribution in [-0.4, -0.2) is 31.0 Å². The molecule has 1 atom stereocenters. The van der Waals surface area contributed by atoms with E-state index in [2.05, 4.69) is 0 Å². The molecule has 158 valence electrons. The van der Waals surface area contributed by atoms with Crippen LogP contribution < -0.4 is 9.47 Å². The van der Waals surface area contributed by atoms with Gasteiger partial charge in [-0.25, -0.2) is 0 Å². The Labute approximate surface area is 172 Å². The number of hydrogen-bond donors (Lipinski definition) is 0. The van der Waals surface area contributed by atoms with Gasteiger partial charge in [0.1, 0.15) is 24.2 Å². The number of aryl methyl sites for hydroxylation is 1. The van der Waals surface area contributed by atoms with Crippen LogP contribution in [0.5, 0.6) is 11.5 Å². The number of carbonyl (C=O) groups excluding carboxylic acids is 1. The summed E-state index contributed by atoms with van der Waals surface area (Å²) in [6.07, 6.45) is -4.60. The summed E-state index contributed by atoms with van der Waals surface area (Å²) in [6, 6.07) is 10.1. The van der Waals surface area contributed by atoms with Crippen LogP contribution in [0.1, 0.15) is 25.0 Å². The smallest absolute Gasteiger partial charge is 0.416 e. The normalized spacial score (nSPS) is 12.5. The predicted molar refractivity (Wildman–Crippen MR) is 106 cm³/mol. The van der Waals surface area contributed by atoms with Crippen LogP contribution in [-0.2, 0) is 15.7 Å². The van der Waals surface area contributed by atoms with Crippen LogP contribution in [0, 0.1) is 6.92 Å². The maximum absolute atomic E-state index is 12.6. The summed E-state index contributed by atoms with van der Waals surface area (Å²) >= 11 is 1.56. The molecule has 0 amide bonds. The first-order valence-electron chi connectivity index (χ1n) is 9.02. The quantitative estimate of drug-likeness (QED) is 0.299. The number of benzene rings is 2. The Morgan fingerprint density at radius 1 is 1.14 bits per heavy atom. The Morgan fingerprint density at radius 2 is 1.83 bits per heavy atom. The number of thioether (sulfide) groups is 1. The minimum Gasteiger partial charge on any atom is -0.491 e. The van der Waals surface area contributed by atoms with E-state index in [0.29, 0.717) is 23.9 Å². The van der Waals surface area contributed by atoms with E-state index in [-0.39, 0.29) is 18.7 Å². The Kier molecular flexibility index (Phi) is 8.40. The Balaban J connectivity index is 1.91. The van der Waals surface area contributed by atoms with E-state index in [1.807, 2.05) is 26.0 Å². The van der Waals surface area contributed by atoms with E-state index in [4.69, 9.17) is 14.2 Å². The molecule has 0 bridgehead atoms. The molecule has 0 N–H and O–H groups in total. The average Bonchev–Trinajstić information content (AvgIpc) is 2.65. The van der Waals surface area contributed by atoms with Gasteiger partial charge in [0.25, 0.3) is 0 Å². The van der Waals surface area contributed by atoms with Gasteiger partial charge in [0, 0.05) is 24.2 Å². The molecule has 0 unspecified atom stereocenters. The predicted octanol–water partition coefficient (Wildman–Crippen LogP) is 5.52. The molecule has 2 aromatic carbocycles. The first-order chi connectivity index (χ1) is 13.7. The van der Waals surface area contributed by atoms with Gasteiger partial charge >= 0.3 is 12.1 Å². The molecule has 0 saturated carbocycles. The van der Waals surface area contributed by atoms with E-state index in [1.165, 1.54) is 19.1 Å². The minimum atomic E-state index is -4.37. The molecule has 0 fully saturated rings. The fourth-order valence-electron chi connectivity index (χ4n) is 2.48. The second-order valence-electron chi connectivity index (χ2n) is 6.24. The van der Waals surface area contributed by atoms with Crippen LogP contribution in [0.3, 0.4) is 0 Å². The zero-order valence-electron chi connectivity index (χ0n) is 16.4. The molecule has 0 aliphatic heterocycles. The Bertz CT molecular complexity index is 807. The van der Waals surface area contributed by atoms with Crippen molar-refractivity contribution in [1.29, 1.82) is 0 Å². The van der Waals surface area contributed by atoms with E-state index in [1.54, 1.807) is 17.8 Å². The molecular weight excluding hydrogens is 405 g/mol. The van der Waals surface area contributed by atoms with Crippen molar-refractivity contribution in [1.82, 2.24) is 0 Å². The number of esters is 1. The van der Waals surface area contributed by atoms with Gasteiger partial charge in [0.2, 0.25) is 0 Å². The molecule has 2 aromatic rings. The molecule has 29 heavy (non-hydrogen) atoms. The molecule has 0 heterocycles. The van der Waals surface area contributed by atoms with Gasteiger partial charge in [-0.2, -0.15) is 13.2 Å². The van der Waals surface area contributed by atoms with Crippen molar-refractivity contribution in [2.75, 3.05) is 19.0 Å². The van der Waals surface area contributed by atoms with E-state index >= 15 is 0 Å². The number of hydrogen-bond acceptors (Lipinski definition) is 5. The van der Waals surface area contributed by atoms with Gasteiger partial charge < -0.3 is 14.2 Å². The lowest BCUT2D eigenvalue weighted by Crippen LogP contribution is -2.24. The van der Waals surface area contributed by atoms with Gasteiger partial charge in [-0.05, 0) is 61.9 Å². The lowest BCUT2D eigenvalue weighted by molar-refractivity contribution is -0.137. The Morgan fingerprint density at radius 3 is 2.38 bits per heavy atom. The second kappa shape index (κ2) is 10.5. The molecule has 2 rings (SSSR count). The van der Waals surface area contributed by atoms with Crippen molar-refractivity contribution < 1.29 is 32.2 Å². The average molecular weight is 428 g/mol. The van der Waals surface area contributed by atoms with Crippen molar-refractivity contribution in [3.05, 3.63) is 53.6 Å². The lowest BCUT2D eigenvalue weighted by Gasteiger charge is -2.18. The van der Waals surface area contributed by atoms with Crippen LogP contribution in [0.25, 0.3) is 0 Å². The Hall–Kier alpha value is -2.19. The number of alkyl halides is 3. The standard InChI is InChI=1S/C21H23F3O4S/c1-4-26-18(12-27-17-7-5-16(6-8-17)21(22,23)24)13-29-19-9-10-20(14(2)11-19)28-15(3)25/h5-11,18H,4,12-13H2,1-3H3/t18-/m1/s1. The summed E-state index contributed by atoms with van der Waals surface area (Å²) in [5.74, 6) is 1.11. The number of ether oxygens (including phenoxy) is 3.